The third-order valence-electron chi connectivity index (χ3n) is 4.25. The van der Waals surface area contributed by atoms with Gasteiger partial charge in [0.25, 0.3) is 5.69 Å². The Morgan fingerprint density at radius 1 is 1.48 bits per heavy atom. The largest absolute Gasteiger partial charge is 0.409 e. The van der Waals surface area contributed by atoms with Gasteiger partial charge in [-0.25, -0.2) is 0 Å². The molecule has 114 valence electrons. The quantitative estimate of drug-likeness (QED) is 0.292. The van der Waals surface area contributed by atoms with E-state index in [9.17, 15) is 10.1 Å². The van der Waals surface area contributed by atoms with E-state index < -0.39 is 4.92 Å². The molecule has 21 heavy (non-hydrogen) atoms. The van der Waals surface area contributed by atoms with E-state index in [0.29, 0.717) is 23.1 Å². The smallest absolute Gasteiger partial charge is 0.293 e. The molecule has 7 nitrogen and oxygen atoms in total. The molecule has 1 aromatic carbocycles. The summed E-state index contributed by atoms with van der Waals surface area (Å²) >= 11 is 0. The monoisotopic (exact) mass is 292 g/mol. The van der Waals surface area contributed by atoms with Crippen LogP contribution < -0.4 is 10.6 Å². The highest BCUT2D eigenvalue weighted by Crippen LogP contribution is 2.33. The summed E-state index contributed by atoms with van der Waals surface area (Å²) in [5.41, 5.74) is 6.41. The Morgan fingerprint density at radius 2 is 2.19 bits per heavy atom. The number of hydrogen-bond donors (Lipinski definition) is 2. The topological polar surface area (TPSA) is 105 Å². The van der Waals surface area contributed by atoms with E-state index in [1.54, 1.807) is 12.1 Å². The fraction of sp³-hybridized carbons (Fsp3) is 0.500. The third-order valence-corrected chi connectivity index (χ3v) is 4.25. The van der Waals surface area contributed by atoms with E-state index in [-0.39, 0.29) is 11.5 Å². The first-order valence-electron chi connectivity index (χ1n) is 6.95. The lowest BCUT2D eigenvalue weighted by Crippen LogP contribution is -2.38. The van der Waals surface area contributed by atoms with Gasteiger partial charge in [-0.3, -0.25) is 10.1 Å². The van der Waals surface area contributed by atoms with Crippen LogP contribution in [-0.2, 0) is 0 Å². The van der Waals surface area contributed by atoms with Crippen LogP contribution in [0.25, 0.3) is 0 Å². The highest BCUT2D eigenvalue weighted by molar-refractivity contribution is 5.98. The van der Waals surface area contributed by atoms with Crippen LogP contribution in [0.1, 0.15) is 25.8 Å². The Kier molecular flexibility index (Phi) is 4.30. The van der Waals surface area contributed by atoms with Gasteiger partial charge < -0.3 is 15.8 Å². The first kappa shape index (κ1) is 15.1. The van der Waals surface area contributed by atoms with Gasteiger partial charge in [-0.2, -0.15) is 0 Å². The van der Waals surface area contributed by atoms with Crippen LogP contribution in [0.3, 0.4) is 0 Å². The number of nitrogens with zero attached hydrogens (tertiary/aromatic N) is 3. The lowest BCUT2D eigenvalue weighted by atomic mass is 9.88. The average molecular weight is 292 g/mol. The van der Waals surface area contributed by atoms with Crippen molar-refractivity contribution in [3.8, 4) is 0 Å². The lowest BCUT2D eigenvalue weighted by Gasteiger charge is -2.36. The summed E-state index contributed by atoms with van der Waals surface area (Å²) in [6.45, 7) is 5.96. The van der Waals surface area contributed by atoms with Crippen molar-refractivity contribution in [2.45, 2.75) is 20.3 Å². The van der Waals surface area contributed by atoms with Crippen LogP contribution in [0.15, 0.2) is 23.4 Å². The first-order valence-corrected chi connectivity index (χ1v) is 6.95. The molecule has 1 heterocycles. The van der Waals surface area contributed by atoms with Crippen molar-refractivity contribution in [1.29, 1.82) is 0 Å². The fourth-order valence-electron chi connectivity index (χ4n) is 2.64. The van der Waals surface area contributed by atoms with Gasteiger partial charge in [-0.1, -0.05) is 19.0 Å². The molecule has 2 atom stereocenters. The van der Waals surface area contributed by atoms with Gasteiger partial charge in [0.15, 0.2) is 5.84 Å². The summed E-state index contributed by atoms with van der Waals surface area (Å²) in [5, 5.41) is 22.9. The molecule has 0 aliphatic carbocycles. The fourth-order valence-corrected chi connectivity index (χ4v) is 2.64. The van der Waals surface area contributed by atoms with Crippen molar-refractivity contribution in [3.63, 3.8) is 0 Å². The zero-order chi connectivity index (χ0) is 15.6. The summed E-state index contributed by atoms with van der Waals surface area (Å²) in [6.07, 6.45) is 1.01. The second-order valence-corrected chi connectivity index (χ2v) is 5.64. The van der Waals surface area contributed by atoms with Crippen LogP contribution in [0.2, 0.25) is 0 Å². The summed E-state index contributed by atoms with van der Waals surface area (Å²) in [6, 6.07) is 4.67. The number of anilines is 1. The normalized spacial score (nSPS) is 23.1. The van der Waals surface area contributed by atoms with Gasteiger partial charge in [0.1, 0.15) is 5.69 Å². The molecule has 1 fully saturated rings. The molecular formula is C14H20N4O3. The number of benzene rings is 1. The number of hydrogen-bond acceptors (Lipinski definition) is 5. The predicted molar refractivity (Wildman–Crippen MR) is 80.8 cm³/mol. The molecule has 2 unspecified atom stereocenters. The van der Waals surface area contributed by atoms with Crippen LogP contribution in [0.4, 0.5) is 11.4 Å². The summed E-state index contributed by atoms with van der Waals surface area (Å²) < 4.78 is 0. The number of nitrogens with two attached hydrogens (primary N) is 1. The molecule has 1 aliphatic rings. The van der Waals surface area contributed by atoms with Gasteiger partial charge in [-0.05, 0) is 30.4 Å². The number of amidine groups is 1. The van der Waals surface area contributed by atoms with Crippen LogP contribution in [0, 0.1) is 22.0 Å². The molecule has 1 aromatic rings. The van der Waals surface area contributed by atoms with Gasteiger partial charge in [0, 0.05) is 24.7 Å². The zero-order valence-corrected chi connectivity index (χ0v) is 12.2. The standard InChI is InChI=1S/C14H20N4O3/c1-9-5-6-17(8-10(9)2)12-4-3-11(14(15)16-19)7-13(12)18(20)21/h3-4,7,9-10,19H,5-6,8H2,1-2H3,(H2,15,16). The molecule has 7 heteroatoms. The SMILES string of the molecule is CC1CCN(c2ccc(/C(N)=N/O)cc2[N+](=O)[O-])CC1C. The molecule has 0 amide bonds. The first-order chi connectivity index (χ1) is 9.93. The molecule has 0 radical (unpaired) electrons. The van der Waals surface area contributed by atoms with E-state index >= 15 is 0 Å². The van der Waals surface area contributed by atoms with E-state index in [4.69, 9.17) is 10.9 Å². The summed E-state index contributed by atoms with van der Waals surface area (Å²) in [4.78, 5) is 12.9. The van der Waals surface area contributed by atoms with Gasteiger partial charge in [0.05, 0.1) is 4.92 Å². The Bertz CT molecular complexity index is 573. The molecule has 2 rings (SSSR count). The Hall–Kier alpha value is -2.31. The van der Waals surface area contributed by atoms with Gasteiger partial charge >= 0.3 is 0 Å². The maximum absolute atomic E-state index is 11.3. The molecule has 0 aromatic heterocycles. The van der Waals surface area contributed by atoms with Crippen molar-refractivity contribution in [2.75, 3.05) is 18.0 Å². The minimum absolute atomic E-state index is 0.0131. The van der Waals surface area contributed by atoms with E-state index in [1.165, 1.54) is 6.07 Å². The Morgan fingerprint density at radius 3 is 2.76 bits per heavy atom. The second kappa shape index (κ2) is 5.99. The average Bonchev–Trinajstić information content (AvgIpc) is 2.48. The molecule has 0 spiro atoms. The van der Waals surface area contributed by atoms with Crippen LogP contribution in [-0.4, -0.2) is 29.1 Å². The van der Waals surface area contributed by atoms with E-state index in [2.05, 4.69) is 19.0 Å². The minimum Gasteiger partial charge on any atom is -0.409 e. The number of piperidine rings is 1. The van der Waals surface area contributed by atoms with Crippen LogP contribution in [0.5, 0.6) is 0 Å². The predicted octanol–water partition coefficient (Wildman–Crippen LogP) is 2.17. The molecule has 0 bridgehead atoms. The van der Waals surface area contributed by atoms with E-state index in [1.807, 2.05) is 4.90 Å². The van der Waals surface area contributed by atoms with E-state index in [0.717, 1.165) is 19.5 Å². The Labute approximate surface area is 123 Å². The molecule has 1 aliphatic heterocycles. The highest BCUT2D eigenvalue weighted by Gasteiger charge is 2.27. The highest BCUT2D eigenvalue weighted by atomic mass is 16.6. The van der Waals surface area contributed by atoms with Gasteiger partial charge in [-0.15, -0.1) is 0 Å². The minimum atomic E-state index is -0.424. The summed E-state index contributed by atoms with van der Waals surface area (Å²) in [7, 11) is 0. The van der Waals surface area contributed by atoms with Crippen molar-refractivity contribution in [2.24, 2.45) is 22.7 Å². The molecular weight excluding hydrogens is 272 g/mol. The third kappa shape index (κ3) is 3.07. The van der Waals surface area contributed by atoms with Crippen molar-refractivity contribution in [3.05, 3.63) is 33.9 Å². The lowest BCUT2D eigenvalue weighted by molar-refractivity contribution is -0.384. The number of rotatable bonds is 3. The number of nitro groups is 1. The zero-order valence-electron chi connectivity index (χ0n) is 12.2. The van der Waals surface area contributed by atoms with Crippen LogP contribution >= 0.6 is 0 Å². The van der Waals surface area contributed by atoms with Crippen molar-refractivity contribution in [1.82, 2.24) is 0 Å². The number of nitro benzene ring substituents is 1. The maximum Gasteiger partial charge on any atom is 0.293 e. The summed E-state index contributed by atoms with van der Waals surface area (Å²) in [5.74, 6) is 0.976. The van der Waals surface area contributed by atoms with Gasteiger partial charge in [0.2, 0.25) is 0 Å². The molecule has 0 saturated carbocycles. The van der Waals surface area contributed by atoms with Crippen molar-refractivity contribution < 1.29 is 10.1 Å². The Balaban J connectivity index is 2.37. The molecule has 1 saturated heterocycles. The second-order valence-electron chi connectivity index (χ2n) is 5.64. The number of oxime groups is 1. The molecule has 3 N–H and O–H groups in total. The van der Waals surface area contributed by atoms with Crippen molar-refractivity contribution >= 4 is 17.2 Å². The maximum atomic E-state index is 11.3.